The molecule has 0 radical (unpaired) electrons. The van der Waals surface area contributed by atoms with Crippen LogP contribution < -0.4 is 10.9 Å². The lowest BCUT2D eigenvalue weighted by atomic mass is 10.1. The van der Waals surface area contributed by atoms with Gasteiger partial charge in [0.25, 0.3) is 11.5 Å². The van der Waals surface area contributed by atoms with E-state index in [9.17, 15) is 14.4 Å². The van der Waals surface area contributed by atoms with Crippen LogP contribution in [0.4, 0.5) is 5.69 Å². The zero-order chi connectivity index (χ0) is 21.8. The van der Waals surface area contributed by atoms with Crippen molar-refractivity contribution in [2.75, 3.05) is 18.9 Å². The predicted molar refractivity (Wildman–Crippen MR) is 119 cm³/mol. The van der Waals surface area contributed by atoms with Crippen LogP contribution in [0.1, 0.15) is 10.5 Å². The van der Waals surface area contributed by atoms with Gasteiger partial charge in [-0.05, 0) is 30.3 Å². The Bertz CT molecular complexity index is 1300. The maximum Gasteiger partial charge on any atom is 0.279 e. The second kappa shape index (κ2) is 8.62. The Kier molecular flexibility index (Phi) is 5.57. The van der Waals surface area contributed by atoms with Gasteiger partial charge >= 0.3 is 0 Å². The molecule has 0 saturated carbocycles. The van der Waals surface area contributed by atoms with Crippen molar-refractivity contribution in [1.82, 2.24) is 14.7 Å². The number of anilines is 1. The summed E-state index contributed by atoms with van der Waals surface area (Å²) in [5.74, 6) is -0.785. The maximum atomic E-state index is 13.2. The number of fused-ring (bicyclic) bond motifs is 1. The van der Waals surface area contributed by atoms with Gasteiger partial charge in [-0.3, -0.25) is 14.4 Å². The SMILES string of the molecule is CN(CC(=O)Nc1ccccc1)C(=O)c1nn(-c2ccccc2)c(=O)c2ccccc12. The molecule has 0 fully saturated rings. The van der Waals surface area contributed by atoms with E-state index in [1.165, 1.54) is 16.6 Å². The highest BCUT2D eigenvalue weighted by atomic mass is 16.2. The van der Waals surface area contributed by atoms with Gasteiger partial charge in [0.15, 0.2) is 5.69 Å². The first kappa shape index (κ1) is 20.0. The molecule has 1 N–H and O–H groups in total. The van der Waals surface area contributed by atoms with Gasteiger partial charge in [-0.2, -0.15) is 9.78 Å². The number of hydrogen-bond donors (Lipinski definition) is 1. The van der Waals surface area contributed by atoms with E-state index < -0.39 is 5.91 Å². The van der Waals surface area contributed by atoms with E-state index in [1.807, 2.05) is 24.3 Å². The van der Waals surface area contributed by atoms with E-state index >= 15 is 0 Å². The third kappa shape index (κ3) is 4.20. The number of benzene rings is 3. The third-order valence-electron chi connectivity index (χ3n) is 4.79. The van der Waals surface area contributed by atoms with E-state index in [4.69, 9.17) is 0 Å². The van der Waals surface area contributed by atoms with Gasteiger partial charge in [0.1, 0.15) is 0 Å². The molecule has 0 spiro atoms. The molecule has 1 aromatic heterocycles. The topological polar surface area (TPSA) is 84.3 Å². The summed E-state index contributed by atoms with van der Waals surface area (Å²) in [6, 6.07) is 24.8. The van der Waals surface area contributed by atoms with E-state index in [0.717, 1.165) is 0 Å². The maximum absolute atomic E-state index is 13.2. The average Bonchev–Trinajstić information content (AvgIpc) is 2.80. The van der Waals surface area contributed by atoms with Crippen LogP contribution in [0.5, 0.6) is 0 Å². The van der Waals surface area contributed by atoms with E-state index in [-0.39, 0.29) is 23.7 Å². The summed E-state index contributed by atoms with van der Waals surface area (Å²) in [6.45, 7) is -0.159. The van der Waals surface area contributed by atoms with Gasteiger partial charge < -0.3 is 10.2 Å². The molecule has 7 nitrogen and oxygen atoms in total. The third-order valence-corrected chi connectivity index (χ3v) is 4.79. The summed E-state index contributed by atoms with van der Waals surface area (Å²) >= 11 is 0. The average molecular weight is 412 g/mol. The zero-order valence-corrected chi connectivity index (χ0v) is 16.9. The van der Waals surface area contributed by atoms with Crippen LogP contribution in [-0.2, 0) is 4.79 Å². The van der Waals surface area contributed by atoms with Crippen LogP contribution in [0.25, 0.3) is 16.5 Å². The van der Waals surface area contributed by atoms with Gasteiger partial charge in [-0.25, -0.2) is 0 Å². The monoisotopic (exact) mass is 412 g/mol. The van der Waals surface area contributed by atoms with Crippen molar-refractivity contribution in [1.29, 1.82) is 0 Å². The highest BCUT2D eigenvalue weighted by Crippen LogP contribution is 2.17. The molecular weight excluding hydrogens is 392 g/mol. The molecule has 7 heteroatoms. The smallest absolute Gasteiger partial charge is 0.279 e. The number of amides is 2. The van der Waals surface area contributed by atoms with Crippen LogP contribution >= 0.6 is 0 Å². The molecule has 0 aliphatic carbocycles. The Morgan fingerprint density at radius 1 is 0.871 bits per heavy atom. The molecule has 1 heterocycles. The summed E-state index contributed by atoms with van der Waals surface area (Å²) < 4.78 is 1.22. The van der Waals surface area contributed by atoms with Crippen LogP contribution in [0.15, 0.2) is 89.7 Å². The minimum absolute atomic E-state index is 0.106. The van der Waals surface area contributed by atoms with Crippen molar-refractivity contribution >= 4 is 28.3 Å². The lowest BCUT2D eigenvalue weighted by Gasteiger charge is -2.18. The molecule has 0 aliphatic heterocycles. The highest BCUT2D eigenvalue weighted by molar-refractivity contribution is 6.06. The Balaban J connectivity index is 1.68. The summed E-state index contributed by atoms with van der Waals surface area (Å²) in [5.41, 5.74) is 0.989. The van der Waals surface area contributed by atoms with Crippen molar-refractivity contribution in [3.05, 3.63) is 101 Å². The molecule has 4 rings (SSSR count). The molecule has 31 heavy (non-hydrogen) atoms. The van der Waals surface area contributed by atoms with E-state index in [2.05, 4.69) is 10.4 Å². The van der Waals surface area contributed by atoms with Gasteiger partial charge in [0.2, 0.25) is 5.91 Å². The van der Waals surface area contributed by atoms with Crippen molar-refractivity contribution in [2.24, 2.45) is 0 Å². The number of nitrogens with zero attached hydrogens (tertiary/aromatic N) is 3. The normalized spacial score (nSPS) is 10.6. The van der Waals surface area contributed by atoms with Crippen LogP contribution in [0, 0.1) is 0 Å². The zero-order valence-electron chi connectivity index (χ0n) is 16.9. The molecule has 0 bridgehead atoms. The lowest BCUT2D eigenvalue weighted by Crippen LogP contribution is -2.36. The molecular formula is C24H20N4O3. The summed E-state index contributed by atoms with van der Waals surface area (Å²) in [4.78, 5) is 39.8. The van der Waals surface area contributed by atoms with Gasteiger partial charge in [0, 0.05) is 18.1 Å². The van der Waals surface area contributed by atoms with Crippen LogP contribution in [0.3, 0.4) is 0 Å². The molecule has 0 aliphatic rings. The molecule has 3 aromatic carbocycles. The molecule has 0 unspecified atom stereocenters. The number of hydrogen-bond acceptors (Lipinski definition) is 4. The number of carbonyl (C=O) groups is 2. The Hall–Kier alpha value is -4.26. The fraction of sp³-hybridized carbons (Fsp3) is 0.0833. The molecule has 2 amide bonds. The summed E-state index contributed by atoms with van der Waals surface area (Å²) in [5, 5.41) is 7.94. The molecule has 0 atom stereocenters. The van der Waals surface area contributed by atoms with Gasteiger partial charge in [-0.15, -0.1) is 0 Å². The first-order chi connectivity index (χ1) is 15.0. The first-order valence-electron chi connectivity index (χ1n) is 9.72. The van der Waals surface area contributed by atoms with Crippen molar-refractivity contribution in [3.8, 4) is 5.69 Å². The largest absolute Gasteiger partial charge is 0.331 e. The van der Waals surface area contributed by atoms with Gasteiger partial charge in [-0.1, -0.05) is 54.6 Å². The van der Waals surface area contributed by atoms with Gasteiger partial charge in [0.05, 0.1) is 17.6 Å². The number of aromatic nitrogens is 2. The standard InChI is InChI=1S/C24H20N4O3/c1-27(16-21(29)25-17-10-4-2-5-11-17)24(31)22-19-14-8-9-15-20(19)23(30)28(26-22)18-12-6-3-7-13-18/h2-15H,16H2,1H3,(H,25,29). The van der Waals surface area contributed by atoms with Crippen LogP contribution in [0.2, 0.25) is 0 Å². The number of likely N-dealkylation sites (N-methyl/N-ethyl adjacent to an activating group) is 1. The van der Waals surface area contributed by atoms with Crippen molar-refractivity contribution in [2.45, 2.75) is 0 Å². The van der Waals surface area contributed by atoms with E-state index in [0.29, 0.717) is 22.1 Å². The van der Waals surface area contributed by atoms with Crippen molar-refractivity contribution in [3.63, 3.8) is 0 Å². The van der Waals surface area contributed by atoms with Crippen molar-refractivity contribution < 1.29 is 9.59 Å². The molecule has 0 saturated heterocycles. The highest BCUT2D eigenvalue weighted by Gasteiger charge is 2.22. The van der Waals surface area contributed by atoms with E-state index in [1.54, 1.807) is 60.7 Å². The minimum atomic E-state index is -0.455. The predicted octanol–water partition coefficient (Wildman–Crippen LogP) is 3.10. The van der Waals surface area contributed by atoms with Crippen LogP contribution in [-0.4, -0.2) is 40.1 Å². The molecule has 4 aromatic rings. The number of nitrogens with one attached hydrogen (secondary N) is 1. The fourth-order valence-corrected chi connectivity index (χ4v) is 3.28. The molecule has 154 valence electrons. The second-order valence-corrected chi connectivity index (χ2v) is 7.02. The second-order valence-electron chi connectivity index (χ2n) is 7.02. The number of carbonyl (C=O) groups excluding carboxylic acids is 2. The summed E-state index contributed by atoms with van der Waals surface area (Å²) in [7, 11) is 1.53. The lowest BCUT2D eigenvalue weighted by molar-refractivity contribution is -0.116. The first-order valence-corrected chi connectivity index (χ1v) is 9.72. The summed E-state index contributed by atoms with van der Waals surface area (Å²) in [6.07, 6.45) is 0. The Morgan fingerprint density at radius 3 is 2.13 bits per heavy atom. The quantitative estimate of drug-likeness (QED) is 0.546. The fourth-order valence-electron chi connectivity index (χ4n) is 3.28. The number of para-hydroxylation sites is 2. The Labute approximate surface area is 178 Å². The Morgan fingerprint density at radius 2 is 1.45 bits per heavy atom. The number of rotatable bonds is 5. The minimum Gasteiger partial charge on any atom is -0.331 e.